The van der Waals surface area contributed by atoms with Crippen LogP contribution in [0.2, 0.25) is 5.02 Å². The second-order valence-electron chi connectivity index (χ2n) is 4.95. The zero-order valence-corrected chi connectivity index (χ0v) is 10.8. The van der Waals surface area contributed by atoms with Crippen LogP contribution in [0.15, 0.2) is 12.3 Å². The molecular formula is C11H11ClF3N3. The van der Waals surface area contributed by atoms with E-state index in [0.717, 1.165) is 6.07 Å². The second kappa shape index (κ2) is 3.85. The number of alkyl halides is 3. The highest BCUT2D eigenvalue weighted by molar-refractivity contribution is 6.35. The molecule has 0 spiro atoms. The van der Waals surface area contributed by atoms with Gasteiger partial charge in [0.1, 0.15) is 5.69 Å². The van der Waals surface area contributed by atoms with Crippen LogP contribution >= 0.6 is 11.6 Å². The van der Waals surface area contributed by atoms with Crippen molar-refractivity contribution in [1.82, 2.24) is 14.8 Å². The van der Waals surface area contributed by atoms with Gasteiger partial charge in [0.15, 0.2) is 5.65 Å². The van der Waals surface area contributed by atoms with Gasteiger partial charge in [-0.15, -0.1) is 0 Å². The zero-order chi connectivity index (χ0) is 13.7. The van der Waals surface area contributed by atoms with Crippen LogP contribution in [0.5, 0.6) is 0 Å². The number of hydrogen-bond donors (Lipinski definition) is 0. The summed E-state index contributed by atoms with van der Waals surface area (Å²) in [5.74, 6) is 0. The van der Waals surface area contributed by atoms with E-state index in [2.05, 4.69) is 10.1 Å². The summed E-state index contributed by atoms with van der Waals surface area (Å²) in [6.07, 6.45) is -3.10. The molecule has 98 valence electrons. The van der Waals surface area contributed by atoms with Crippen molar-refractivity contribution < 1.29 is 13.2 Å². The van der Waals surface area contributed by atoms with Gasteiger partial charge in [-0.3, -0.25) is 0 Å². The highest BCUT2D eigenvalue weighted by atomic mass is 35.5. The molecule has 0 saturated heterocycles. The highest BCUT2D eigenvalue weighted by Gasteiger charge is 2.34. The van der Waals surface area contributed by atoms with Crippen molar-refractivity contribution in [1.29, 1.82) is 0 Å². The number of fused-ring (bicyclic) bond motifs is 1. The highest BCUT2D eigenvalue weighted by Crippen LogP contribution is 2.33. The monoisotopic (exact) mass is 277 g/mol. The lowest BCUT2D eigenvalue weighted by Crippen LogP contribution is -2.23. The Bertz CT molecular complexity index is 596. The molecule has 0 aliphatic carbocycles. The molecule has 2 aromatic rings. The lowest BCUT2D eigenvalue weighted by molar-refractivity contribution is -0.141. The minimum atomic E-state index is -4.52. The van der Waals surface area contributed by atoms with Crippen molar-refractivity contribution in [2.24, 2.45) is 0 Å². The van der Waals surface area contributed by atoms with Crippen LogP contribution in [0.4, 0.5) is 13.2 Å². The first-order valence-corrected chi connectivity index (χ1v) is 5.60. The number of pyridine rings is 1. The van der Waals surface area contributed by atoms with E-state index in [0.29, 0.717) is 5.39 Å². The molecule has 3 nitrogen and oxygen atoms in total. The summed E-state index contributed by atoms with van der Waals surface area (Å²) < 4.78 is 39.5. The molecule has 0 fully saturated rings. The molecule has 0 bridgehead atoms. The lowest BCUT2D eigenvalue weighted by atomic mass is 10.1. The normalized spacial score (nSPS) is 13.3. The first-order chi connectivity index (χ1) is 8.10. The lowest BCUT2D eigenvalue weighted by Gasteiger charge is -2.20. The molecule has 2 rings (SSSR count). The molecule has 0 amide bonds. The Balaban J connectivity index is 2.77. The smallest absolute Gasteiger partial charge is 0.242 e. The quantitative estimate of drug-likeness (QED) is 0.732. The van der Waals surface area contributed by atoms with E-state index in [4.69, 9.17) is 11.6 Å². The minimum Gasteiger partial charge on any atom is -0.242 e. The maximum atomic E-state index is 12.7. The Kier molecular flexibility index (Phi) is 2.81. The van der Waals surface area contributed by atoms with Crippen molar-refractivity contribution >= 4 is 22.6 Å². The molecule has 0 N–H and O–H groups in total. The third-order valence-corrected chi connectivity index (χ3v) is 2.73. The molecule has 0 aliphatic rings. The van der Waals surface area contributed by atoms with Gasteiger partial charge in [0.2, 0.25) is 0 Å². The fourth-order valence-corrected chi connectivity index (χ4v) is 1.83. The Morgan fingerprint density at radius 2 is 1.83 bits per heavy atom. The number of aromatic nitrogens is 3. The van der Waals surface area contributed by atoms with E-state index in [1.807, 2.05) is 20.8 Å². The van der Waals surface area contributed by atoms with Gasteiger partial charge < -0.3 is 0 Å². The molecule has 0 radical (unpaired) electrons. The van der Waals surface area contributed by atoms with E-state index < -0.39 is 17.4 Å². The van der Waals surface area contributed by atoms with Crippen LogP contribution in [0.3, 0.4) is 0 Å². The van der Waals surface area contributed by atoms with Crippen molar-refractivity contribution in [3.63, 3.8) is 0 Å². The average Bonchev–Trinajstić information content (AvgIpc) is 2.59. The van der Waals surface area contributed by atoms with E-state index in [1.54, 1.807) is 0 Å². The van der Waals surface area contributed by atoms with Crippen molar-refractivity contribution in [3.8, 4) is 0 Å². The van der Waals surface area contributed by atoms with Gasteiger partial charge in [-0.1, -0.05) is 11.6 Å². The van der Waals surface area contributed by atoms with Crippen molar-refractivity contribution in [2.45, 2.75) is 32.5 Å². The summed E-state index contributed by atoms with van der Waals surface area (Å²) in [4.78, 5) is 3.62. The largest absolute Gasteiger partial charge is 0.433 e. The molecule has 18 heavy (non-hydrogen) atoms. The van der Waals surface area contributed by atoms with Crippen molar-refractivity contribution in [2.75, 3.05) is 0 Å². The van der Waals surface area contributed by atoms with Crippen LogP contribution < -0.4 is 0 Å². The van der Waals surface area contributed by atoms with E-state index in [-0.39, 0.29) is 10.7 Å². The second-order valence-corrected chi connectivity index (χ2v) is 5.36. The third kappa shape index (κ3) is 2.16. The topological polar surface area (TPSA) is 30.7 Å². The van der Waals surface area contributed by atoms with Crippen LogP contribution in [-0.4, -0.2) is 14.8 Å². The molecule has 0 atom stereocenters. The molecule has 7 heteroatoms. The van der Waals surface area contributed by atoms with Gasteiger partial charge >= 0.3 is 6.18 Å². The minimum absolute atomic E-state index is 0.00262. The van der Waals surface area contributed by atoms with Gasteiger partial charge in [0, 0.05) is 0 Å². The fourth-order valence-electron chi connectivity index (χ4n) is 1.60. The van der Waals surface area contributed by atoms with Crippen LogP contribution in [0, 0.1) is 0 Å². The van der Waals surface area contributed by atoms with Gasteiger partial charge in [-0.2, -0.15) is 18.3 Å². The summed E-state index contributed by atoms with van der Waals surface area (Å²) in [6.45, 7) is 5.49. The summed E-state index contributed by atoms with van der Waals surface area (Å²) in [7, 11) is 0. The van der Waals surface area contributed by atoms with E-state index >= 15 is 0 Å². The maximum Gasteiger partial charge on any atom is 0.433 e. The summed E-state index contributed by atoms with van der Waals surface area (Å²) in [5.41, 5.74) is -1.34. The molecule has 2 heterocycles. The molecule has 0 aromatic carbocycles. The van der Waals surface area contributed by atoms with E-state index in [9.17, 15) is 13.2 Å². The predicted octanol–water partition coefficient (Wildman–Crippen LogP) is 3.86. The number of halogens is 4. The predicted molar refractivity (Wildman–Crippen MR) is 62.5 cm³/mol. The first kappa shape index (κ1) is 13.1. The van der Waals surface area contributed by atoms with E-state index in [1.165, 1.54) is 10.9 Å². The Hall–Kier alpha value is -1.30. The summed E-state index contributed by atoms with van der Waals surface area (Å²) in [6, 6.07) is 0.818. The number of nitrogens with zero attached hydrogens (tertiary/aromatic N) is 3. The van der Waals surface area contributed by atoms with Gasteiger partial charge in [0.05, 0.1) is 22.1 Å². The zero-order valence-electron chi connectivity index (χ0n) is 10.0. The van der Waals surface area contributed by atoms with Crippen LogP contribution in [-0.2, 0) is 11.7 Å². The average molecular weight is 278 g/mol. The first-order valence-electron chi connectivity index (χ1n) is 5.22. The van der Waals surface area contributed by atoms with Gasteiger partial charge in [-0.25, -0.2) is 9.67 Å². The Morgan fingerprint density at radius 1 is 1.22 bits per heavy atom. The SMILES string of the molecule is CC(C)(C)n1ncc2c(Cl)cc(C(F)(F)F)nc21. The van der Waals surface area contributed by atoms with Gasteiger partial charge in [-0.05, 0) is 26.8 Å². The molecule has 0 saturated carbocycles. The van der Waals surface area contributed by atoms with Crippen LogP contribution in [0.25, 0.3) is 11.0 Å². The number of rotatable bonds is 0. The fraction of sp³-hybridized carbons (Fsp3) is 0.455. The van der Waals surface area contributed by atoms with Crippen LogP contribution in [0.1, 0.15) is 26.5 Å². The molecule has 2 aromatic heterocycles. The van der Waals surface area contributed by atoms with Gasteiger partial charge in [0.25, 0.3) is 0 Å². The molecule has 0 unspecified atom stereocenters. The van der Waals surface area contributed by atoms with Crippen molar-refractivity contribution in [3.05, 3.63) is 23.0 Å². The molecule has 0 aliphatic heterocycles. The standard InChI is InChI=1S/C11H11ClF3N3/c1-10(2,3)18-9-6(5-16-18)7(12)4-8(17-9)11(13,14)15/h4-5H,1-3H3. The summed E-state index contributed by atoms with van der Waals surface area (Å²) in [5, 5.41) is 4.47. The maximum absolute atomic E-state index is 12.7. The Morgan fingerprint density at radius 3 is 2.33 bits per heavy atom. The summed E-state index contributed by atoms with van der Waals surface area (Å²) >= 11 is 5.84. The Labute approximate surface area is 107 Å². The molecular weight excluding hydrogens is 267 g/mol. The third-order valence-electron chi connectivity index (χ3n) is 2.42. The number of hydrogen-bond acceptors (Lipinski definition) is 2.